The maximum Gasteiger partial charge on any atom is 0.138 e. The molecule has 0 aliphatic rings. The van der Waals surface area contributed by atoms with Gasteiger partial charge in [-0.15, -0.1) is 0 Å². The van der Waals surface area contributed by atoms with Crippen LogP contribution >= 0.6 is 23.5 Å². The first-order valence-electron chi connectivity index (χ1n) is 3.51. The van der Waals surface area contributed by atoms with E-state index in [2.05, 4.69) is 4.98 Å². The number of aromatic amines is 1. The Morgan fingerprint density at radius 3 is 1.69 bits per heavy atom. The summed E-state index contributed by atoms with van der Waals surface area (Å²) in [4.78, 5) is 4.84. The van der Waals surface area contributed by atoms with Gasteiger partial charge in [-0.05, 0) is 37.4 Å². The van der Waals surface area contributed by atoms with Crippen LogP contribution < -0.4 is 0 Å². The van der Waals surface area contributed by atoms with Gasteiger partial charge in [0.15, 0.2) is 0 Å². The monoisotopic (exact) mass is 209 g/mol. The molecule has 1 aromatic heterocycles. The first-order valence-corrected chi connectivity index (χ1v) is 5.15. The minimum absolute atomic E-state index is 0.867. The highest BCUT2D eigenvalue weighted by atomic mass is 32.2. The summed E-state index contributed by atoms with van der Waals surface area (Å²) in [5, 5.41) is 21.1. The van der Waals surface area contributed by atoms with Gasteiger partial charge in [0.1, 0.15) is 10.8 Å². The molecule has 3 nitrogen and oxygen atoms in total. The second-order valence-electron chi connectivity index (χ2n) is 2.42. The fraction of sp³-hybridized carbons (Fsp3) is 0.250. The zero-order chi connectivity index (χ0) is 9.84. The average molecular weight is 209 g/mol. The number of aryl methyl sites for hydroxylation is 2. The molecule has 0 aliphatic carbocycles. The largest absolute Gasteiger partial charge is 0.361 e. The summed E-state index contributed by atoms with van der Waals surface area (Å²) in [7, 11) is 0. The van der Waals surface area contributed by atoms with Gasteiger partial charge in [-0.25, -0.2) is 0 Å². The quantitative estimate of drug-likeness (QED) is 0.601. The maximum atomic E-state index is 8.55. The Labute approximate surface area is 85.1 Å². The standard InChI is InChI=1S/C8H7N3S2/c1-5-7(12-3-9)8(13-4-10)6(2)11-5/h11H,1-2H3. The normalized spacial score (nSPS) is 9.23. The number of nitrogens with one attached hydrogen (secondary N) is 1. The van der Waals surface area contributed by atoms with Crippen molar-refractivity contribution in [1.29, 1.82) is 10.5 Å². The fourth-order valence-corrected chi connectivity index (χ4v) is 2.40. The predicted molar refractivity (Wildman–Crippen MR) is 53.2 cm³/mol. The van der Waals surface area contributed by atoms with Crippen LogP contribution in [-0.2, 0) is 0 Å². The predicted octanol–water partition coefficient (Wildman–Crippen LogP) is 2.78. The van der Waals surface area contributed by atoms with E-state index >= 15 is 0 Å². The van der Waals surface area contributed by atoms with E-state index in [-0.39, 0.29) is 0 Å². The Morgan fingerprint density at radius 1 is 1.00 bits per heavy atom. The van der Waals surface area contributed by atoms with E-state index < -0.39 is 0 Å². The number of nitrogens with zero attached hydrogens (tertiary/aromatic N) is 2. The molecule has 13 heavy (non-hydrogen) atoms. The molecule has 0 saturated carbocycles. The van der Waals surface area contributed by atoms with Crippen LogP contribution in [0.15, 0.2) is 9.79 Å². The van der Waals surface area contributed by atoms with Crippen LogP contribution in [0, 0.1) is 35.2 Å². The van der Waals surface area contributed by atoms with Crippen molar-refractivity contribution in [3.05, 3.63) is 11.4 Å². The molecule has 66 valence electrons. The minimum Gasteiger partial charge on any atom is -0.361 e. The van der Waals surface area contributed by atoms with E-state index in [0.29, 0.717) is 0 Å². The number of thiocyanates is 2. The van der Waals surface area contributed by atoms with Crippen molar-refractivity contribution in [2.24, 2.45) is 0 Å². The van der Waals surface area contributed by atoms with Gasteiger partial charge in [0.05, 0.1) is 9.79 Å². The lowest BCUT2D eigenvalue weighted by molar-refractivity contribution is 1.16. The van der Waals surface area contributed by atoms with Crippen molar-refractivity contribution in [1.82, 2.24) is 4.98 Å². The highest BCUT2D eigenvalue weighted by Crippen LogP contribution is 2.35. The summed E-state index contributed by atoms with van der Waals surface area (Å²) in [6.07, 6.45) is 0. The molecule has 0 atom stereocenters. The van der Waals surface area contributed by atoms with Crippen molar-refractivity contribution >= 4 is 23.5 Å². The van der Waals surface area contributed by atoms with Crippen LogP contribution in [0.1, 0.15) is 11.4 Å². The van der Waals surface area contributed by atoms with Crippen molar-refractivity contribution in [3.8, 4) is 10.8 Å². The Balaban J connectivity index is 3.16. The molecule has 0 bridgehead atoms. The molecule has 1 heterocycles. The van der Waals surface area contributed by atoms with Crippen LogP contribution in [0.5, 0.6) is 0 Å². The van der Waals surface area contributed by atoms with Crippen LogP contribution in [0.2, 0.25) is 0 Å². The van der Waals surface area contributed by atoms with Gasteiger partial charge in [-0.3, -0.25) is 0 Å². The number of hydrogen-bond donors (Lipinski definition) is 1. The van der Waals surface area contributed by atoms with Gasteiger partial charge in [-0.1, -0.05) is 0 Å². The molecule has 5 heteroatoms. The molecule has 0 spiro atoms. The van der Waals surface area contributed by atoms with Gasteiger partial charge in [0.25, 0.3) is 0 Å². The Bertz CT molecular complexity index is 358. The molecule has 0 saturated heterocycles. The molecule has 0 aliphatic heterocycles. The smallest absolute Gasteiger partial charge is 0.138 e. The van der Waals surface area contributed by atoms with E-state index in [1.165, 1.54) is 0 Å². The summed E-state index contributed by atoms with van der Waals surface area (Å²) < 4.78 is 0. The zero-order valence-electron chi connectivity index (χ0n) is 7.21. The summed E-state index contributed by atoms with van der Waals surface area (Å²) in [6.45, 7) is 3.79. The highest BCUT2D eigenvalue weighted by molar-refractivity contribution is 8.06. The highest BCUT2D eigenvalue weighted by Gasteiger charge is 2.13. The molecule has 1 N–H and O–H groups in total. The van der Waals surface area contributed by atoms with Gasteiger partial charge in [0, 0.05) is 11.4 Å². The minimum atomic E-state index is 0.867. The molecule has 0 unspecified atom stereocenters. The molecule has 0 aromatic carbocycles. The topological polar surface area (TPSA) is 63.4 Å². The number of thioether (sulfide) groups is 2. The Kier molecular flexibility index (Phi) is 3.30. The van der Waals surface area contributed by atoms with Crippen molar-refractivity contribution in [2.45, 2.75) is 23.6 Å². The summed E-state index contributed by atoms with van der Waals surface area (Å²) in [6, 6.07) is 0. The van der Waals surface area contributed by atoms with Crippen LogP contribution in [-0.4, -0.2) is 4.98 Å². The summed E-state index contributed by atoms with van der Waals surface area (Å²) in [5.74, 6) is 0. The third kappa shape index (κ3) is 2.00. The van der Waals surface area contributed by atoms with Gasteiger partial charge < -0.3 is 4.98 Å². The summed E-state index contributed by atoms with van der Waals surface area (Å²) in [5.41, 5.74) is 1.89. The van der Waals surface area contributed by atoms with E-state index in [1.807, 2.05) is 24.6 Å². The lowest BCUT2D eigenvalue weighted by Crippen LogP contribution is -1.72. The number of nitriles is 2. The first-order chi connectivity index (χ1) is 6.20. The van der Waals surface area contributed by atoms with Crippen LogP contribution in [0.4, 0.5) is 0 Å². The average Bonchev–Trinajstić information content (AvgIpc) is 2.33. The van der Waals surface area contributed by atoms with Gasteiger partial charge >= 0.3 is 0 Å². The van der Waals surface area contributed by atoms with Crippen LogP contribution in [0.3, 0.4) is 0 Å². The molecular formula is C8H7N3S2. The molecule has 0 radical (unpaired) electrons. The lowest BCUT2D eigenvalue weighted by Gasteiger charge is -1.94. The van der Waals surface area contributed by atoms with E-state index in [9.17, 15) is 0 Å². The second kappa shape index (κ2) is 4.27. The third-order valence-corrected chi connectivity index (χ3v) is 3.30. The second-order valence-corrected chi connectivity index (χ2v) is 4.01. The SMILES string of the molecule is Cc1[nH]c(C)c(SC#N)c1SC#N. The van der Waals surface area contributed by atoms with E-state index in [0.717, 1.165) is 44.7 Å². The maximum absolute atomic E-state index is 8.55. The fourth-order valence-electron chi connectivity index (χ4n) is 1.07. The lowest BCUT2D eigenvalue weighted by atomic mass is 10.4. The number of H-pyrrole nitrogens is 1. The Morgan fingerprint density at radius 2 is 1.38 bits per heavy atom. The van der Waals surface area contributed by atoms with Gasteiger partial charge in [-0.2, -0.15) is 10.5 Å². The van der Waals surface area contributed by atoms with Gasteiger partial charge in [0.2, 0.25) is 0 Å². The molecular weight excluding hydrogens is 202 g/mol. The number of rotatable bonds is 2. The molecule has 0 fully saturated rings. The molecule has 1 aromatic rings. The first kappa shape index (κ1) is 10.0. The third-order valence-electron chi connectivity index (χ3n) is 1.56. The Hall–Kier alpha value is -1.04. The molecule has 1 rings (SSSR count). The van der Waals surface area contributed by atoms with Crippen molar-refractivity contribution in [3.63, 3.8) is 0 Å². The van der Waals surface area contributed by atoms with E-state index in [4.69, 9.17) is 10.5 Å². The van der Waals surface area contributed by atoms with Crippen LogP contribution in [0.25, 0.3) is 0 Å². The van der Waals surface area contributed by atoms with Crippen molar-refractivity contribution in [2.75, 3.05) is 0 Å². The van der Waals surface area contributed by atoms with Crippen molar-refractivity contribution < 1.29 is 0 Å². The number of aromatic nitrogens is 1. The van der Waals surface area contributed by atoms with E-state index in [1.54, 1.807) is 0 Å². The zero-order valence-corrected chi connectivity index (χ0v) is 8.84. The molecule has 0 amide bonds. The number of hydrogen-bond acceptors (Lipinski definition) is 4. The summed E-state index contributed by atoms with van der Waals surface area (Å²) >= 11 is 2.18.